The van der Waals surface area contributed by atoms with Crippen molar-refractivity contribution in [1.82, 2.24) is 10.2 Å². The molecule has 0 aliphatic carbocycles. The standard InChI is InChI=1S/C13H24N2O/c1-3-5-6-13(16)15-9-7-12(8-10-15)11-14-4-2/h3,12,14H,1,4-11H2,2H3. The second-order valence-electron chi connectivity index (χ2n) is 4.46. The molecule has 1 fully saturated rings. The third kappa shape index (κ3) is 4.35. The molecule has 3 heteroatoms. The number of likely N-dealkylation sites (tertiary alicyclic amines) is 1. The van der Waals surface area contributed by atoms with Crippen LogP contribution in [-0.2, 0) is 4.79 Å². The Kier molecular flexibility index (Phi) is 6.16. The fourth-order valence-electron chi connectivity index (χ4n) is 2.12. The summed E-state index contributed by atoms with van der Waals surface area (Å²) in [6, 6.07) is 0. The van der Waals surface area contributed by atoms with Gasteiger partial charge in [-0.3, -0.25) is 4.79 Å². The Hall–Kier alpha value is -0.830. The highest BCUT2D eigenvalue weighted by Crippen LogP contribution is 2.17. The molecule has 0 unspecified atom stereocenters. The molecule has 1 N–H and O–H groups in total. The number of nitrogens with zero attached hydrogens (tertiary/aromatic N) is 1. The molecule has 1 saturated heterocycles. The van der Waals surface area contributed by atoms with Crippen molar-refractivity contribution in [1.29, 1.82) is 0 Å². The predicted octanol–water partition coefficient (Wildman–Crippen LogP) is 1.80. The maximum absolute atomic E-state index is 11.7. The van der Waals surface area contributed by atoms with Gasteiger partial charge in [0, 0.05) is 19.5 Å². The highest BCUT2D eigenvalue weighted by atomic mass is 16.2. The van der Waals surface area contributed by atoms with E-state index in [1.807, 2.05) is 11.0 Å². The third-order valence-electron chi connectivity index (χ3n) is 3.21. The summed E-state index contributed by atoms with van der Waals surface area (Å²) >= 11 is 0. The lowest BCUT2D eigenvalue weighted by atomic mass is 9.96. The second kappa shape index (κ2) is 7.44. The Morgan fingerprint density at radius 3 is 2.75 bits per heavy atom. The van der Waals surface area contributed by atoms with Gasteiger partial charge in [0.05, 0.1) is 0 Å². The molecule has 16 heavy (non-hydrogen) atoms. The largest absolute Gasteiger partial charge is 0.343 e. The summed E-state index contributed by atoms with van der Waals surface area (Å²) in [5.41, 5.74) is 0. The van der Waals surface area contributed by atoms with Crippen molar-refractivity contribution in [3.8, 4) is 0 Å². The molecule has 92 valence electrons. The zero-order valence-corrected chi connectivity index (χ0v) is 10.4. The summed E-state index contributed by atoms with van der Waals surface area (Å²) in [6.45, 7) is 9.79. The summed E-state index contributed by atoms with van der Waals surface area (Å²) in [4.78, 5) is 13.7. The fourth-order valence-corrected chi connectivity index (χ4v) is 2.12. The van der Waals surface area contributed by atoms with Crippen LogP contribution in [0.15, 0.2) is 12.7 Å². The van der Waals surface area contributed by atoms with Gasteiger partial charge in [-0.25, -0.2) is 0 Å². The van der Waals surface area contributed by atoms with Crippen molar-refractivity contribution < 1.29 is 4.79 Å². The van der Waals surface area contributed by atoms with Gasteiger partial charge in [-0.2, -0.15) is 0 Å². The number of carbonyl (C=O) groups is 1. The first kappa shape index (κ1) is 13.2. The molecule has 0 saturated carbocycles. The number of allylic oxidation sites excluding steroid dienone is 1. The first-order chi connectivity index (χ1) is 7.77. The van der Waals surface area contributed by atoms with Gasteiger partial charge in [-0.15, -0.1) is 6.58 Å². The molecular formula is C13H24N2O. The average molecular weight is 224 g/mol. The van der Waals surface area contributed by atoms with E-state index >= 15 is 0 Å². The van der Waals surface area contributed by atoms with Gasteiger partial charge in [0.25, 0.3) is 0 Å². The van der Waals surface area contributed by atoms with Crippen LogP contribution in [0.2, 0.25) is 0 Å². The van der Waals surface area contributed by atoms with Gasteiger partial charge in [-0.1, -0.05) is 13.0 Å². The van der Waals surface area contributed by atoms with Crippen molar-refractivity contribution >= 4 is 5.91 Å². The number of amides is 1. The van der Waals surface area contributed by atoms with Gasteiger partial charge in [0.1, 0.15) is 0 Å². The lowest BCUT2D eigenvalue weighted by molar-refractivity contribution is -0.132. The summed E-state index contributed by atoms with van der Waals surface area (Å²) < 4.78 is 0. The molecular weight excluding hydrogens is 200 g/mol. The van der Waals surface area contributed by atoms with Crippen molar-refractivity contribution in [3.05, 3.63) is 12.7 Å². The summed E-state index contributed by atoms with van der Waals surface area (Å²) in [5, 5.41) is 3.38. The smallest absolute Gasteiger partial charge is 0.222 e. The van der Waals surface area contributed by atoms with E-state index in [0.717, 1.165) is 51.4 Å². The molecule has 0 aromatic rings. The van der Waals surface area contributed by atoms with E-state index in [9.17, 15) is 4.79 Å². The molecule has 0 atom stereocenters. The molecule has 0 aromatic carbocycles. The SMILES string of the molecule is C=CCCC(=O)N1CCC(CNCC)CC1. The molecule has 0 aromatic heterocycles. The van der Waals surface area contributed by atoms with E-state index in [1.54, 1.807) is 0 Å². The minimum atomic E-state index is 0.293. The number of hydrogen-bond acceptors (Lipinski definition) is 2. The lowest BCUT2D eigenvalue weighted by Gasteiger charge is -2.32. The molecule has 0 radical (unpaired) electrons. The van der Waals surface area contributed by atoms with Crippen molar-refractivity contribution in [2.45, 2.75) is 32.6 Å². The summed E-state index contributed by atoms with van der Waals surface area (Å²) in [6.07, 6.45) is 5.53. The Morgan fingerprint density at radius 1 is 1.50 bits per heavy atom. The highest BCUT2D eigenvalue weighted by molar-refractivity contribution is 5.76. The zero-order chi connectivity index (χ0) is 11.8. The van der Waals surface area contributed by atoms with E-state index < -0.39 is 0 Å². The highest BCUT2D eigenvalue weighted by Gasteiger charge is 2.21. The van der Waals surface area contributed by atoms with Crippen LogP contribution in [-0.4, -0.2) is 37.0 Å². The number of carbonyl (C=O) groups excluding carboxylic acids is 1. The van der Waals surface area contributed by atoms with E-state index in [-0.39, 0.29) is 0 Å². The van der Waals surface area contributed by atoms with Crippen molar-refractivity contribution in [2.75, 3.05) is 26.2 Å². The summed E-state index contributed by atoms with van der Waals surface area (Å²) in [7, 11) is 0. The van der Waals surface area contributed by atoms with Crippen LogP contribution in [0.3, 0.4) is 0 Å². The van der Waals surface area contributed by atoms with Crippen LogP contribution in [0.25, 0.3) is 0 Å². The minimum Gasteiger partial charge on any atom is -0.343 e. The Balaban J connectivity index is 2.20. The molecule has 1 amide bonds. The fraction of sp³-hybridized carbons (Fsp3) is 0.769. The monoisotopic (exact) mass is 224 g/mol. The summed E-state index contributed by atoms with van der Waals surface area (Å²) in [5.74, 6) is 1.05. The quantitative estimate of drug-likeness (QED) is 0.698. The van der Waals surface area contributed by atoms with Gasteiger partial charge < -0.3 is 10.2 Å². The van der Waals surface area contributed by atoms with Gasteiger partial charge in [0.2, 0.25) is 5.91 Å². The van der Waals surface area contributed by atoms with Crippen LogP contribution in [0.4, 0.5) is 0 Å². The van der Waals surface area contributed by atoms with E-state index in [2.05, 4.69) is 18.8 Å². The van der Waals surface area contributed by atoms with E-state index in [4.69, 9.17) is 0 Å². The Labute approximate surface area is 98.9 Å². The molecule has 0 bridgehead atoms. The number of piperidine rings is 1. The van der Waals surface area contributed by atoms with E-state index in [1.165, 1.54) is 0 Å². The molecule has 1 rings (SSSR count). The molecule has 1 aliphatic rings. The topological polar surface area (TPSA) is 32.3 Å². The lowest BCUT2D eigenvalue weighted by Crippen LogP contribution is -2.40. The van der Waals surface area contributed by atoms with Crippen LogP contribution < -0.4 is 5.32 Å². The van der Waals surface area contributed by atoms with Gasteiger partial charge in [0.15, 0.2) is 0 Å². The number of rotatable bonds is 6. The molecule has 1 heterocycles. The maximum atomic E-state index is 11.7. The zero-order valence-electron chi connectivity index (χ0n) is 10.4. The molecule has 3 nitrogen and oxygen atoms in total. The van der Waals surface area contributed by atoms with Gasteiger partial charge >= 0.3 is 0 Å². The van der Waals surface area contributed by atoms with Crippen LogP contribution in [0.1, 0.15) is 32.6 Å². The van der Waals surface area contributed by atoms with E-state index in [0.29, 0.717) is 12.3 Å². The Morgan fingerprint density at radius 2 is 2.19 bits per heavy atom. The van der Waals surface area contributed by atoms with Gasteiger partial charge in [-0.05, 0) is 38.3 Å². The minimum absolute atomic E-state index is 0.293. The van der Waals surface area contributed by atoms with Crippen LogP contribution in [0, 0.1) is 5.92 Å². The number of hydrogen-bond donors (Lipinski definition) is 1. The third-order valence-corrected chi connectivity index (χ3v) is 3.21. The van der Waals surface area contributed by atoms with Crippen molar-refractivity contribution in [2.24, 2.45) is 5.92 Å². The number of nitrogens with one attached hydrogen (secondary N) is 1. The second-order valence-corrected chi connectivity index (χ2v) is 4.46. The predicted molar refractivity (Wildman–Crippen MR) is 67.3 cm³/mol. The van der Waals surface area contributed by atoms with Crippen molar-refractivity contribution in [3.63, 3.8) is 0 Å². The van der Waals surface area contributed by atoms with Crippen LogP contribution >= 0.6 is 0 Å². The first-order valence-electron chi connectivity index (χ1n) is 6.37. The first-order valence-corrected chi connectivity index (χ1v) is 6.37. The molecule has 1 aliphatic heterocycles. The normalized spacial score (nSPS) is 17.4. The maximum Gasteiger partial charge on any atom is 0.222 e. The average Bonchev–Trinajstić information content (AvgIpc) is 2.34. The molecule has 0 spiro atoms. The Bertz CT molecular complexity index is 220. The van der Waals surface area contributed by atoms with Crippen LogP contribution in [0.5, 0.6) is 0 Å².